The van der Waals surface area contributed by atoms with Gasteiger partial charge in [0.05, 0.1) is 21.2 Å². The molecule has 0 unspecified atom stereocenters. The summed E-state index contributed by atoms with van der Waals surface area (Å²) >= 11 is 12.2. The Morgan fingerprint density at radius 3 is 2.70 bits per heavy atom. The number of nitrogens with zero attached hydrogens (tertiary/aromatic N) is 2. The highest BCUT2D eigenvalue weighted by Crippen LogP contribution is 2.32. The summed E-state index contributed by atoms with van der Waals surface area (Å²) in [5, 5.41) is 8.19. The Kier molecular flexibility index (Phi) is 4.65. The van der Waals surface area contributed by atoms with Crippen LogP contribution in [0, 0.1) is 0 Å². The van der Waals surface area contributed by atoms with Crippen molar-refractivity contribution in [3.8, 4) is 0 Å². The average Bonchev–Trinajstić information content (AvgIpc) is 2.57. The first-order valence-electron chi connectivity index (χ1n) is 7.01. The number of fused-ring (bicyclic) bond motifs is 1. The molecule has 3 rings (SSSR count). The zero-order valence-corrected chi connectivity index (χ0v) is 13.7. The first-order valence-corrected chi connectivity index (χ1v) is 7.77. The van der Waals surface area contributed by atoms with Gasteiger partial charge in [0.2, 0.25) is 5.95 Å². The molecule has 6 heteroatoms. The molecule has 2 aromatic carbocycles. The quantitative estimate of drug-likeness (QED) is 0.618. The van der Waals surface area contributed by atoms with Crippen molar-refractivity contribution in [3.63, 3.8) is 0 Å². The van der Waals surface area contributed by atoms with Crippen molar-refractivity contribution in [3.05, 3.63) is 65.2 Å². The second-order valence-electron chi connectivity index (χ2n) is 4.81. The van der Waals surface area contributed by atoms with Crippen LogP contribution >= 0.6 is 23.2 Å². The summed E-state index contributed by atoms with van der Waals surface area (Å²) in [7, 11) is 0. The maximum absolute atomic E-state index is 6.21. The topological polar surface area (TPSA) is 49.8 Å². The molecule has 0 aliphatic rings. The van der Waals surface area contributed by atoms with E-state index in [1.165, 1.54) is 0 Å². The zero-order chi connectivity index (χ0) is 16.2. The molecular formula is C17H14Cl2N4. The van der Waals surface area contributed by atoms with E-state index < -0.39 is 0 Å². The Morgan fingerprint density at radius 1 is 1.04 bits per heavy atom. The molecule has 0 saturated carbocycles. The monoisotopic (exact) mass is 344 g/mol. The number of anilines is 3. The van der Waals surface area contributed by atoms with E-state index in [1.807, 2.05) is 36.4 Å². The predicted octanol–water partition coefficient (Wildman–Crippen LogP) is 5.28. The van der Waals surface area contributed by atoms with Crippen molar-refractivity contribution in [2.75, 3.05) is 17.2 Å². The van der Waals surface area contributed by atoms with Crippen molar-refractivity contribution in [1.29, 1.82) is 0 Å². The molecule has 0 atom stereocenters. The SMILES string of the molecule is C=CCNc1nc(Nc2cccc(Cl)c2Cl)nc2ccccc12. The largest absolute Gasteiger partial charge is 0.366 e. The Balaban J connectivity index is 2.03. The second kappa shape index (κ2) is 6.86. The molecule has 0 aliphatic carbocycles. The smallest absolute Gasteiger partial charge is 0.229 e. The third kappa shape index (κ3) is 3.38. The van der Waals surface area contributed by atoms with Crippen LogP contribution in [0.1, 0.15) is 0 Å². The van der Waals surface area contributed by atoms with Crippen LogP contribution in [0.2, 0.25) is 10.0 Å². The highest BCUT2D eigenvalue weighted by Gasteiger charge is 2.10. The van der Waals surface area contributed by atoms with Crippen molar-refractivity contribution >= 4 is 51.6 Å². The third-order valence-corrected chi connectivity index (χ3v) is 4.03. The number of nitrogens with one attached hydrogen (secondary N) is 2. The van der Waals surface area contributed by atoms with Crippen LogP contribution in [0.4, 0.5) is 17.5 Å². The van der Waals surface area contributed by atoms with E-state index in [-0.39, 0.29) is 0 Å². The van der Waals surface area contributed by atoms with Gasteiger partial charge in [0.15, 0.2) is 0 Å². The molecule has 0 fully saturated rings. The molecule has 0 aliphatic heterocycles. The first-order chi connectivity index (χ1) is 11.2. The number of halogens is 2. The fourth-order valence-corrected chi connectivity index (χ4v) is 2.50. The van der Waals surface area contributed by atoms with Crippen LogP contribution in [0.25, 0.3) is 10.9 Å². The van der Waals surface area contributed by atoms with Crippen LogP contribution in [0.15, 0.2) is 55.1 Å². The summed E-state index contributed by atoms with van der Waals surface area (Å²) in [5.74, 6) is 1.18. The van der Waals surface area contributed by atoms with Gasteiger partial charge in [0.1, 0.15) is 5.82 Å². The van der Waals surface area contributed by atoms with Crippen LogP contribution in [-0.4, -0.2) is 16.5 Å². The summed E-state index contributed by atoms with van der Waals surface area (Å²) in [6.07, 6.45) is 1.78. The summed E-state index contributed by atoms with van der Waals surface area (Å²) in [4.78, 5) is 9.04. The summed E-state index contributed by atoms with van der Waals surface area (Å²) in [6.45, 7) is 4.32. The van der Waals surface area contributed by atoms with Crippen LogP contribution in [0.5, 0.6) is 0 Å². The van der Waals surface area contributed by atoms with Gasteiger partial charge in [-0.15, -0.1) is 6.58 Å². The Morgan fingerprint density at radius 2 is 1.87 bits per heavy atom. The van der Waals surface area contributed by atoms with Crippen LogP contribution < -0.4 is 10.6 Å². The van der Waals surface area contributed by atoms with Gasteiger partial charge in [-0.25, -0.2) is 4.98 Å². The highest BCUT2D eigenvalue weighted by molar-refractivity contribution is 6.43. The van der Waals surface area contributed by atoms with Gasteiger partial charge in [-0.2, -0.15) is 4.98 Å². The van der Waals surface area contributed by atoms with Gasteiger partial charge in [0.25, 0.3) is 0 Å². The maximum atomic E-state index is 6.21. The third-order valence-electron chi connectivity index (χ3n) is 3.22. The molecule has 0 amide bonds. The molecule has 3 aromatic rings. The number of hydrogen-bond acceptors (Lipinski definition) is 4. The number of rotatable bonds is 5. The number of hydrogen-bond donors (Lipinski definition) is 2. The minimum Gasteiger partial charge on any atom is -0.366 e. The molecule has 1 aromatic heterocycles. The Hall–Kier alpha value is -2.30. The van der Waals surface area contributed by atoms with Crippen molar-refractivity contribution in [1.82, 2.24) is 9.97 Å². The van der Waals surface area contributed by atoms with E-state index in [9.17, 15) is 0 Å². The molecule has 0 saturated heterocycles. The van der Waals surface area contributed by atoms with Crippen molar-refractivity contribution in [2.24, 2.45) is 0 Å². The van der Waals surface area contributed by atoms with Crippen LogP contribution in [0.3, 0.4) is 0 Å². The van der Waals surface area contributed by atoms with Gasteiger partial charge >= 0.3 is 0 Å². The van der Waals surface area contributed by atoms with Crippen LogP contribution in [-0.2, 0) is 0 Å². The van der Waals surface area contributed by atoms with E-state index in [0.29, 0.717) is 28.2 Å². The van der Waals surface area contributed by atoms with E-state index in [4.69, 9.17) is 23.2 Å². The lowest BCUT2D eigenvalue weighted by molar-refractivity contribution is 1.18. The summed E-state index contributed by atoms with van der Waals surface area (Å²) in [6, 6.07) is 13.2. The molecule has 0 radical (unpaired) electrons. The molecular weight excluding hydrogens is 331 g/mol. The molecule has 2 N–H and O–H groups in total. The van der Waals surface area contributed by atoms with E-state index in [0.717, 1.165) is 16.7 Å². The maximum Gasteiger partial charge on any atom is 0.229 e. The lowest BCUT2D eigenvalue weighted by Crippen LogP contribution is -2.05. The van der Waals surface area contributed by atoms with E-state index >= 15 is 0 Å². The Labute approximate surface area is 144 Å². The van der Waals surface area contributed by atoms with Crippen molar-refractivity contribution < 1.29 is 0 Å². The van der Waals surface area contributed by atoms with Gasteiger partial charge in [-0.3, -0.25) is 0 Å². The summed E-state index contributed by atoms with van der Waals surface area (Å²) < 4.78 is 0. The normalized spacial score (nSPS) is 10.5. The summed E-state index contributed by atoms with van der Waals surface area (Å²) in [5.41, 5.74) is 1.49. The van der Waals surface area contributed by atoms with Crippen molar-refractivity contribution in [2.45, 2.75) is 0 Å². The van der Waals surface area contributed by atoms with Gasteiger partial charge in [-0.1, -0.05) is 47.5 Å². The number of para-hydroxylation sites is 1. The molecule has 0 spiro atoms. The average molecular weight is 345 g/mol. The van der Waals surface area contributed by atoms with E-state index in [1.54, 1.807) is 12.1 Å². The molecule has 0 bridgehead atoms. The fourth-order valence-electron chi connectivity index (χ4n) is 2.16. The first kappa shape index (κ1) is 15.6. The number of benzene rings is 2. The van der Waals surface area contributed by atoms with Gasteiger partial charge in [0, 0.05) is 11.9 Å². The molecule has 23 heavy (non-hydrogen) atoms. The Bertz CT molecular complexity index is 864. The highest BCUT2D eigenvalue weighted by atomic mass is 35.5. The molecule has 1 heterocycles. The lowest BCUT2D eigenvalue weighted by Gasteiger charge is -2.12. The lowest BCUT2D eigenvalue weighted by atomic mass is 10.2. The standard InChI is InChI=1S/C17H14Cl2N4/c1-2-10-20-16-11-6-3-4-8-13(11)21-17(23-16)22-14-9-5-7-12(18)15(14)19/h2-9H,1,10H2,(H2,20,21,22,23). The molecule has 116 valence electrons. The second-order valence-corrected chi connectivity index (χ2v) is 5.59. The minimum atomic E-state index is 0.437. The van der Waals surface area contributed by atoms with Gasteiger partial charge < -0.3 is 10.6 Å². The molecule has 4 nitrogen and oxygen atoms in total. The van der Waals surface area contributed by atoms with Gasteiger partial charge in [-0.05, 0) is 24.3 Å². The fraction of sp³-hybridized carbons (Fsp3) is 0.0588. The number of aromatic nitrogens is 2. The van der Waals surface area contributed by atoms with E-state index in [2.05, 4.69) is 27.2 Å². The zero-order valence-electron chi connectivity index (χ0n) is 12.2. The minimum absolute atomic E-state index is 0.437. The predicted molar refractivity (Wildman–Crippen MR) is 98.0 cm³/mol.